The summed E-state index contributed by atoms with van der Waals surface area (Å²) in [6.45, 7) is 5.25. The topological polar surface area (TPSA) is 52.5 Å². The SMILES string of the molecule is CCCNC(C)Cc1ccc(O)c(O)c1. The second-order valence-electron chi connectivity index (χ2n) is 3.88. The van der Waals surface area contributed by atoms with Crippen LogP contribution in [0.3, 0.4) is 0 Å². The Hall–Kier alpha value is -1.22. The van der Waals surface area contributed by atoms with Crippen molar-refractivity contribution in [1.29, 1.82) is 0 Å². The summed E-state index contributed by atoms with van der Waals surface area (Å²) in [6, 6.07) is 5.35. The minimum atomic E-state index is -0.0621. The third-order valence-corrected chi connectivity index (χ3v) is 2.32. The molecule has 0 saturated heterocycles. The molecule has 1 aromatic carbocycles. The van der Waals surface area contributed by atoms with Crippen LogP contribution in [0.25, 0.3) is 0 Å². The maximum atomic E-state index is 9.32. The summed E-state index contributed by atoms with van der Waals surface area (Å²) in [6.07, 6.45) is 1.97. The van der Waals surface area contributed by atoms with E-state index in [2.05, 4.69) is 19.2 Å². The lowest BCUT2D eigenvalue weighted by molar-refractivity contribution is 0.402. The molecular formula is C12H19NO2. The Kier molecular flexibility index (Phi) is 4.43. The smallest absolute Gasteiger partial charge is 0.157 e. The molecule has 0 fully saturated rings. The minimum absolute atomic E-state index is 0.0461. The fourth-order valence-electron chi connectivity index (χ4n) is 1.51. The molecule has 15 heavy (non-hydrogen) atoms. The summed E-state index contributed by atoms with van der Waals surface area (Å²) in [5.74, 6) is -0.108. The number of phenols is 2. The van der Waals surface area contributed by atoms with E-state index in [4.69, 9.17) is 5.11 Å². The van der Waals surface area contributed by atoms with E-state index in [9.17, 15) is 5.11 Å². The highest BCUT2D eigenvalue weighted by Crippen LogP contribution is 2.25. The molecule has 0 bridgehead atoms. The van der Waals surface area contributed by atoms with Crippen molar-refractivity contribution in [2.45, 2.75) is 32.7 Å². The van der Waals surface area contributed by atoms with Gasteiger partial charge in [0.1, 0.15) is 0 Å². The van der Waals surface area contributed by atoms with Crippen LogP contribution in [0.1, 0.15) is 25.8 Å². The van der Waals surface area contributed by atoms with E-state index in [1.54, 1.807) is 6.07 Å². The third-order valence-electron chi connectivity index (χ3n) is 2.32. The van der Waals surface area contributed by atoms with Gasteiger partial charge in [0.15, 0.2) is 11.5 Å². The van der Waals surface area contributed by atoms with Crippen molar-refractivity contribution in [2.24, 2.45) is 0 Å². The van der Waals surface area contributed by atoms with Gasteiger partial charge in [-0.2, -0.15) is 0 Å². The van der Waals surface area contributed by atoms with Crippen molar-refractivity contribution in [3.8, 4) is 11.5 Å². The molecule has 0 radical (unpaired) electrons. The second-order valence-corrected chi connectivity index (χ2v) is 3.88. The van der Waals surface area contributed by atoms with Gasteiger partial charge in [-0.15, -0.1) is 0 Å². The van der Waals surface area contributed by atoms with Crippen molar-refractivity contribution < 1.29 is 10.2 Å². The molecule has 3 nitrogen and oxygen atoms in total. The van der Waals surface area contributed by atoms with Gasteiger partial charge in [0.2, 0.25) is 0 Å². The molecule has 1 atom stereocenters. The molecule has 1 aromatic rings. The van der Waals surface area contributed by atoms with Crippen molar-refractivity contribution in [3.63, 3.8) is 0 Å². The molecule has 1 unspecified atom stereocenters. The highest BCUT2D eigenvalue weighted by Gasteiger charge is 2.05. The lowest BCUT2D eigenvalue weighted by Gasteiger charge is -2.13. The predicted octanol–water partition coefficient (Wildman–Crippen LogP) is 2.03. The van der Waals surface area contributed by atoms with E-state index in [0.717, 1.165) is 24.9 Å². The van der Waals surface area contributed by atoms with Crippen molar-refractivity contribution in [3.05, 3.63) is 23.8 Å². The Bertz CT molecular complexity index is 312. The quantitative estimate of drug-likeness (QED) is 0.650. The van der Waals surface area contributed by atoms with E-state index in [1.165, 1.54) is 6.07 Å². The molecule has 1 rings (SSSR count). The maximum absolute atomic E-state index is 9.32. The molecule has 84 valence electrons. The van der Waals surface area contributed by atoms with E-state index in [-0.39, 0.29) is 11.5 Å². The summed E-state index contributed by atoms with van der Waals surface area (Å²) < 4.78 is 0. The average Bonchev–Trinajstić information content (AvgIpc) is 2.20. The van der Waals surface area contributed by atoms with Crippen molar-refractivity contribution in [1.82, 2.24) is 5.32 Å². The van der Waals surface area contributed by atoms with Gasteiger partial charge in [-0.3, -0.25) is 0 Å². The second kappa shape index (κ2) is 5.61. The third kappa shape index (κ3) is 3.80. The van der Waals surface area contributed by atoms with Gasteiger partial charge >= 0.3 is 0 Å². The first-order valence-electron chi connectivity index (χ1n) is 5.37. The first-order valence-corrected chi connectivity index (χ1v) is 5.37. The predicted molar refractivity (Wildman–Crippen MR) is 61.2 cm³/mol. The number of aromatic hydroxyl groups is 2. The number of hydrogen-bond donors (Lipinski definition) is 3. The molecule has 0 heterocycles. The van der Waals surface area contributed by atoms with Gasteiger partial charge in [-0.25, -0.2) is 0 Å². The van der Waals surface area contributed by atoms with E-state index in [0.29, 0.717) is 6.04 Å². The highest BCUT2D eigenvalue weighted by atomic mass is 16.3. The van der Waals surface area contributed by atoms with E-state index >= 15 is 0 Å². The largest absolute Gasteiger partial charge is 0.504 e. The first-order chi connectivity index (χ1) is 7.13. The number of benzene rings is 1. The van der Waals surface area contributed by atoms with Crippen LogP contribution in [0.5, 0.6) is 11.5 Å². The van der Waals surface area contributed by atoms with Gasteiger partial charge in [0, 0.05) is 6.04 Å². The summed E-state index contributed by atoms with van der Waals surface area (Å²) in [7, 11) is 0. The Labute approximate surface area is 90.8 Å². The Morgan fingerprint density at radius 1 is 1.27 bits per heavy atom. The van der Waals surface area contributed by atoms with Crippen molar-refractivity contribution in [2.75, 3.05) is 6.54 Å². The maximum Gasteiger partial charge on any atom is 0.157 e. The van der Waals surface area contributed by atoms with Crippen LogP contribution in [0, 0.1) is 0 Å². The average molecular weight is 209 g/mol. The van der Waals surface area contributed by atoms with E-state index in [1.807, 2.05) is 6.07 Å². The molecule has 0 aliphatic rings. The molecule has 3 heteroatoms. The number of phenolic OH excluding ortho intramolecular Hbond substituents is 2. The summed E-state index contributed by atoms with van der Waals surface area (Å²) in [5.41, 5.74) is 1.03. The highest BCUT2D eigenvalue weighted by molar-refractivity contribution is 5.40. The summed E-state index contributed by atoms with van der Waals surface area (Å²) in [5, 5.41) is 21.8. The molecule has 3 N–H and O–H groups in total. The molecule has 0 amide bonds. The van der Waals surface area contributed by atoms with Gasteiger partial charge in [0.25, 0.3) is 0 Å². The molecule has 0 aliphatic carbocycles. The zero-order chi connectivity index (χ0) is 11.3. The minimum Gasteiger partial charge on any atom is -0.504 e. The summed E-state index contributed by atoms with van der Waals surface area (Å²) in [4.78, 5) is 0. The fourth-order valence-corrected chi connectivity index (χ4v) is 1.51. The Morgan fingerprint density at radius 2 is 2.00 bits per heavy atom. The first kappa shape index (κ1) is 11.9. The number of hydrogen-bond acceptors (Lipinski definition) is 3. The molecular weight excluding hydrogens is 190 g/mol. The van der Waals surface area contributed by atoms with Gasteiger partial charge in [0.05, 0.1) is 0 Å². The van der Waals surface area contributed by atoms with Crippen LogP contribution >= 0.6 is 0 Å². The Morgan fingerprint density at radius 3 is 2.60 bits per heavy atom. The van der Waals surface area contributed by atoms with Gasteiger partial charge in [-0.1, -0.05) is 13.0 Å². The van der Waals surface area contributed by atoms with Crippen LogP contribution in [0.4, 0.5) is 0 Å². The van der Waals surface area contributed by atoms with Crippen LogP contribution in [-0.2, 0) is 6.42 Å². The lowest BCUT2D eigenvalue weighted by atomic mass is 10.1. The number of rotatable bonds is 5. The van der Waals surface area contributed by atoms with Crippen LogP contribution in [-0.4, -0.2) is 22.8 Å². The monoisotopic (exact) mass is 209 g/mol. The van der Waals surface area contributed by atoms with Gasteiger partial charge in [-0.05, 0) is 44.0 Å². The standard InChI is InChI=1S/C12H19NO2/c1-3-6-13-9(2)7-10-4-5-11(14)12(15)8-10/h4-5,8-9,13-15H,3,6-7H2,1-2H3. The molecule has 0 spiro atoms. The zero-order valence-corrected chi connectivity index (χ0v) is 9.33. The van der Waals surface area contributed by atoms with Gasteiger partial charge < -0.3 is 15.5 Å². The number of nitrogens with one attached hydrogen (secondary N) is 1. The van der Waals surface area contributed by atoms with Crippen LogP contribution < -0.4 is 5.32 Å². The molecule has 0 aromatic heterocycles. The van der Waals surface area contributed by atoms with Crippen LogP contribution in [0.15, 0.2) is 18.2 Å². The lowest BCUT2D eigenvalue weighted by Crippen LogP contribution is -2.28. The molecule has 0 aliphatic heterocycles. The van der Waals surface area contributed by atoms with Crippen LogP contribution in [0.2, 0.25) is 0 Å². The zero-order valence-electron chi connectivity index (χ0n) is 9.33. The summed E-state index contributed by atoms with van der Waals surface area (Å²) >= 11 is 0. The van der Waals surface area contributed by atoms with Crippen molar-refractivity contribution >= 4 is 0 Å². The molecule has 0 saturated carbocycles. The fraction of sp³-hybridized carbons (Fsp3) is 0.500. The van der Waals surface area contributed by atoms with E-state index < -0.39 is 0 Å². The normalized spacial score (nSPS) is 12.7. The Balaban J connectivity index is 2.53.